The van der Waals surface area contributed by atoms with Crippen molar-refractivity contribution >= 4 is 29.2 Å². The van der Waals surface area contributed by atoms with E-state index in [-0.39, 0.29) is 5.91 Å². The molecule has 0 radical (unpaired) electrons. The van der Waals surface area contributed by atoms with Crippen molar-refractivity contribution in [2.45, 2.75) is 12.8 Å². The summed E-state index contributed by atoms with van der Waals surface area (Å²) >= 11 is 0. The first kappa shape index (κ1) is 23.6. The maximum absolute atomic E-state index is 12.3. The second-order valence-corrected chi connectivity index (χ2v) is 8.66. The number of carbonyl (C=O) groups excluding carboxylic acids is 1. The van der Waals surface area contributed by atoms with Gasteiger partial charge < -0.3 is 20.3 Å². The minimum absolute atomic E-state index is 0.109. The number of carbonyl (C=O) groups is 1. The smallest absolute Gasteiger partial charge is 0.239 e. The molecular formula is C25H27N9O2. The van der Waals surface area contributed by atoms with Crippen LogP contribution in [0.25, 0.3) is 11.3 Å². The average molecular weight is 486 g/mol. The van der Waals surface area contributed by atoms with Gasteiger partial charge in [-0.2, -0.15) is 5.26 Å². The third-order valence-electron chi connectivity index (χ3n) is 6.10. The van der Waals surface area contributed by atoms with E-state index in [1.54, 1.807) is 36.8 Å². The van der Waals surface area contributed by atoms with Gasteiger partial charge in [0.05, 0.1) is 42.9 Å². The Morgan fingerprint density at radius 1 is 1.06 bits per heavy atom. The lowest BCUT2D eigenvalue weighted by Crippen LogP contribution is -2.41. The van der Waals surface area contributed by atoms with E-state index in [1.165, 1.54) is 0 Å². The molecule has 2 aliphatic heterocycles. The van der Waals surface area contributed by atoms with Crippen LogP contribution in [0.5, 0.6) is 0 Å². The number of amides is 1. The summed E-state index contributed by atoms with van der Waals surface area (Å²) in [7, 11) is 0. The van der Waals surface area contributed by atoms with E-state index in [9.17, 15) is 10.1 Å². The number of ether oxygens (including phenoxy) is 1. The van der Waals surface area contributed by atoms with Crippen LogP contribution in [0.3, 0.4) is 0 Å². The molecule has 0 saturated carbocycles. The highest BCUT2D eigenvalue weighted by molar-refractivity contribution is 5.91. The van der Waals surface area contributed by atoms with Crippen LogP contribution in [0.4, 0.5) is 23.3 Å². The second-order valence-electron chi connectivity index (χ2n) is 8.66. The van der Waals surface area contributed by atoms with Crippen molar-refractivity contribution in [1.82, 2.24) is 24.8 Å². The van der Waals surface area contributed by atoms with E-state index in [1.807, 2.05) is 11.0 Å². The van der Waals surface area contributed by atoms with Crippen molar-refractivity contribution in [2.75, 3.05) is 61.5 Å². The van der Waals surface area contributed by atoms with Crippen LogP contribution in [-0.2, 0) is 9.53 Å². The van der Waals surface area contributed by atoms with Crippen molar-refractivity contribution in [2.24, 2.45) is 0 Å². The molecule has 3 aromatic rings. The molecule has 5 rings (SSSR count). The Morgan fingerprint density at radius 2 is 1.89 bits per heavy atom. The number of pyridine rings is 2. The molecule has 11 heteroatoms. The first-order chi connectivity index (χ1) is 17.7. The first-order valence-corrected chi connectivity index (χ1v) is 12.0. The number of nitrogens with zero attached hydrogens (tertiary/aromatic N) is 7. The lowest BCUT2D eigenvalue weighted by molar-refractivity contribution is -0.118. The van der Waals surface area contributed by atoms with Gasteiger partial charge in [0.25, 0.3) is 0 Å². The summed E-state index contributed by atoms with van der Waals surface area (Å²) in [6, 6.07) is 9.40. The Balaban J connectivity index is 1.23. The van der Waals surface area contributed by atoms with Gasteiger partial charge in [-0.05, 0) is 37.1 Å². The predicted octanol–water partition coefficient (Wildman–Crippen LogP) is 2.42. The van der Waals surface area contributed by atoms with E-state index >= 15 is 0 Å². The number of nitriles is 1. The summed E-state index contributed by atoms with van der Waals surface area (Å²) in [5.74, 6) is 1.49. The molecule has 5 heterocycles. The van der Waals surface area contributed by atoms with E-state index in [0.717, 1.165) is 50.4 Å². The third kappa shape index (κ3) is 5.73. The first-order valence-electron chi connectivity index (χ1n) is 12.0. The van der Waals surface area contributed by atoms with Gasteiger partial charge in [0.15, 0.2) is 0 Å². The molecule has 0 spiro atoms. The molecule has 184 valence electrons. The van der Waals surface area contributed by atoms with Gasteiger partial charge in [0.1, 0.15) is 17.7 Å². The van der Waals surface area contributed by atoms with Crippen LogP contribution in [0, 0.1) is 11.3 Å². The highest BCUT2D eigenvalue weighted by Crippen LogP contribution is 2.26. The molecule has 2 N–H and O–H groups in total. The van der Waals surface area contributed by atoms with Gasteiger partial charge in [-0.15, -0.1) is 0 Å². The molecule has 0 bridgehead atoms. The lowest BCUT2D eigenvalue weighted by Gasteiger charge is -2.25. The van der Waals surface area contributed by atoms with Crippen LogP contribution in [0.15, 0.2) is 42.9 Å². The number of anilines is 4. The van der Waals surface area contributed by atoms with Crippen molar-refractivity contribution in [3.05, 3.63) is 48.4 Å². The maximum atomic E-state index is 12.3. The number of rotatable bonds is 7. The van der Waals surface area contributed by atoms with Crippen molar-refractivity contribution in [1.29, 1.82) is 5.26 Å². The highest BCUT2D eigenvalue weighted by atomic mass is 16.5. The summed E-state index contributed by atoms with van der Waals surface area (Å²) in [4.78, 5) is 34.2. The topological polar surface area (TPSA) is 132 Å². The van der Waals surface area contributed by atoms with Gasteiger partial charge in [-0.3, -0.25) is 9.69 Å². The standard InChI is InChI=1S/C25H27N9O2/c26-14-18-13-19(15-29-24(18)34-7-1-2-8-34)21-5-6-27-25(31-21)30-20-3-4-22(28-16-20)32-23(35)17-33-9-11-36-12-10-33/h3-6,13,15-16H,1-2,7-12,17H2,(H,27,30,31)(H,28,32,35). The van der Waals surface area contributed by atoms with Crippen LogP contribution < -0.4 is 15.5 Å². The minimum atomic E-state index is -0.109. The molecule has 0 aliphatic carbocycles. The largest absolute Gasteiger partial charge is 0.379 e. The molecule has 2 fully saturated rings. The van der Waals surface area contributed by atoms with Crippen LogP contribution >= 0.6 is 0 Å². The van der Waals surface area contributed by atoms with Crippen molar-refractivity contribution in [3.8, 4) is 17.3 Å². The maximum Gasteiger partial charge on any atom is 0.239 e. The monoisotopic (exact) mass is 485 g/mol. The summed E-state index contributed by atoms with van der Waals surface area (Å²) in [5.41, 5.74) is 2.62. The molecule has 11 nitrogen and oxygen atoms in total. The quantitative estimate of drug-likeness (QED) is 0.514. The molecule has 2 aliphatic rings. The zero-order valence-corrected chi connectivity index (χ0v) is 19.9. The fourth-order valence-corrected chi connectivity index (χ4v) is 4.26. The Bertz CT molecular complexity index is 1250. The number of hydrogen-bond donors (Lipinski definition) is 2. The Hall–Kier alpha value is -4.14. The Morgan fingerprint density at radius 3 is 2.64 bits per heavy atom. The zero-order valence-electron chi connectivity index (χ0n) is 19.9. The number of morpholine rings is 1. The van der Waals surface area contributed by atoms with Gasteiger partial charge in [0, 0.05) is 44.1 Å². The minimum Gasteiger partial charge on any atom is -0.379 e. The summed E-state index contributed by atoms with van der Waals surface area (Å²) in [6.45, 7) is 4.95. The highest BCUT2D eigenvalue weighted by Gasteiger charge is 2.18. The number of aromatic nitrogens is 4. The number of nitrogens with one attached hydrogen (secondary N) is 2. The normalized spacial score (nSPS) is 15.9. The Labute approximate surface area is 209 Å². The van der Waals surface area contributed by atoms with Crippen LogP contribution in [0.1, 0.15) is 18.4 Å². The molecule has 1 amide bonds. The molecule has 0 aromatic carbocycles. The van der Waals surface area contributed by atoms with Gasteiger partial charge >= 0.3 is 0 Å². The van der Waals surface area contributed by atoms with Crippen molar-refractivity contribution < 1.29 is 9.53 Å². The van der Waals surface area contributed by atoms with Crippen LogP contribution in [0.2, 0.25) is 0 Å². The fourth-order valence-electron chi connectivity index (χ4n) is 4.26. The fraction of sp³-hybridized carbons (Fsp3) is 0.360. The Kier molecular flexibility index (Phi) is 7.25. The van der Waals surface area contributed by atoms with E-state index in [4.69, 9.17) is 4.74 Å². The van der Waals surface area contributed by atoms with Gasteiger partial charge in [-0.1, -0.05) is 0 Å². The average Bonchev–Trinajstić information content (AvgIpc) is 3.45. The lowest BCUT2D eigenvalue weighted by atomic mass is 10.1. The predicted molar refractivity (Wildman–Crippen MR) is 135 cm³/mol. The summed E-state index contributed by atoms with van der Waals surface area (Å²) in [6.07, 6.45) is 7.24. The van der Waals surface area contributed by atoms with E-state index in [2.05, 4.69) is 41.5 Å². The van der Waals surface area contributed by atoms with Gasteiger partial charge in [-0.25, -0.2) is 19.9 Å². The van der Waals surface area contributed by atoms with Crippen molar-refractivity contribution in [3.63, 3.8) is 0 Å². The molecule has 3 aromatic heterocycles. The SMILES string of the molecule is N#Cc1cc(-c2ccnc(Nc3ccc(NC(=O)CN4CCOCC4)nc3)n2)cnc1N1CCCC1. The number of hydrogen-bond acceptors (Lipinski definition) is 10. The second kappa shape index (κ2) is 11.1. The summed E-state index contributed by atoms with van der Waals surface area (Å²) < 4.78 is 5.31. The van der Waals surface area contributed by atoms with Crippen LogP contribution in [-0.4, -0.2) is 76.7 Å². The summed E-state index contributed by atoms with van der Waals surface area (Å²) in [5, 5.41) is 15.6. The third-order valence-corrected chi connectivity index (χ3v) is 6.10. The molecule has 0 unspecified atom stereocenters. The van der Waals surface area contributed by atoms with Gasteiger partial charge in [0.2, 0.25) is 11.9 Å². The molecule has 0 atom stereocenters. The van der Waals surface area contributed by atoms with E-state index in [0.29, 0.717) is 48.5 Å². The zero-order chi connectivity index (χ0) is 24.7. The van der Waals surface area contributed by atoms with E-state index < -0.39 is 0 Å². The molecule has 36 heavy (non-hydrogen) atoms. The molecule has 2 saturated heterocycles. The molecular weight excluding hydrogens is 458 g/mol.